The molecule has 2 N–H and O–H groups in total. The second kappa shape index (κ2) is 8.68. The van der Waals surface area contributed by atoms with E-state index in [1.165, 1.54) is 23.1 Å². The first-order valence-electron chi connectivity index (χ1n) is 7.86. The number of aryl methyl sites for hydroxylation is 1. The Bertz CT molecular complexity index is 876. The fourth-order valence-electron chi connectivity index (χ4n) is 2.04. The van der Waals surface area contributed by atoms with Crippen molar-refractivity contribution >= 4 is 45.1 Å². The molecule has 0 atom stereocenters. The largest absolute Gasteiger partial charge is 0.484 e. The predicted octanol–water partition coefficient (Wildman–Crippen LogP) is 2.92. The minimum atomic E-state index is -0.427. The number of benzene rings is 2. The smallest absolute Gasteiger partial charge is 0.276 e. The van der Waals surface area contributed by atoms with E-state index in [0.29, 0.717) is 5.75 Å². The lowest BCUT2D eigenvalue weighted by Crippen LogP contribution is -2.44. The molecule has 3 rings (SSSR count). The number of carbonyl (C=O) groups excluding carboxylic acids is 2. The van der Waals surface area contributed by atoms with Crippen molar-refractivity contribution in [3.05, 3.63) is 54.1 Å². The van der Waals surface area contributed by atoms with Crippen LogP contribution >= 0.6 is 23.1 Å². The highest BCUT2D eigenvalue weighted by atomic mass is 32.2. The number of amides is 2. The van der Waals surface area contributed by atoms with Crippen LogP contribution in [0.25, 0.3) is 10.2 Å². The lowest BCUT2D eigenvalue weighted by molar-refractivity contribution is -0.128. The number of nitrogens with zero attached hydrogens (tertiary/aromatic N) is 1. The van der Waals surface area contributed by atoms with Crippen molar-refractivity contribution in [2.24, 2.45) is 0 Å². The number of thiazole rings is 1. The van der Waals surface area contributed by atoms with E-state index in [1.807, 2.05) is 43.3 Å². The van der Waals surface area contributed by atoms with Crippen LogP contribution in [0.15, 0.2) is 52.9 Å². The Morgan fingerprint density at radius 2 is 1.81 bits per heavy atom. The number of thioether (sulfide) groups is 1. The normalized spacial score (nSPS) is 10.5. The van der Waals surface area contributed by atoms with Gasteiger partial charge in [-0.15, -0.1) is 11.3 Å². The number of hydrazine groups is 1. The van der Waals surface area contributed by atoms with Crippen molar-refractivity contribution < 1.29 is 14.3 Å². The number of para-hydroxylation sites is 1. The van der Waals surface area contributed by atoms with Crippen molar-refractivity contribution in [3.8, 4) is 5.75 Å². The molecule has 26 heavy (non-hydrogen) atoms. The van der Waals surface area contributed by atoms with Gasteiger partial charge in [0, 0.05) is 0 Å². The quantitative estimate of drug-likeness (QED) is 0.502. The van der Waals surface area contributed by atoms with Crippen molar-refractivity contribution in [2.75, 3.05) is 12.4 Å². The summed E-state index contributed by atoms with van der Waals surface area (Å²) in [5.74, 6) is 0.0316. The fourth-order valence-corrected chi connectivity index (χ4v) is 3.90. The van der Waals surface area contributed by atoms with E-state index in [2.05, 4.69) is 15.8 Å². The Kier molecular flexibility index (Phi) is 6.08. The third kappa shape index (κ3) is 5.21. The van der Waals surface area contributed by atoms with Crippen LogP contribution in [-0.4, -0.2) is 29.2 Å². The molecule has 0 unspecified atom stereocenters. The maximum atomic E-state index is 11.8. The predicted molar refractivity (Wildman–Crippen MR) is 103 cm³/mol. The molecule has 8 heteroatoms. The molecule has 1 aromatic heterocycles. The van der Waals surface area contributed by atoms with Gasteiger partial charge in [0.05, 0.1) is 16.0 Å². The van der Waals surface area contributed by atoms with E-state index in [0.717, 1.165) is 20.1 Å². The van der Waals surface area contributed by atoms with Crippen LogP contribution in [0.5, 0.6) is 5.75 Å². The van der Waals surface area contributed by atoms with Crippen molar-refractivity contribution in [1.82, 2.24) is 15.8 Å². The van der Waals surface area contributed by atoms with Gasteiger partial charge in [-0.05, 0) is 31.2 Å². The van der Waals surface area contributed by atoms with Crippen LogP contribution in [0.1, 0.15) is 5.56 Å². The van der Waals surface area contributed by atoms with Crippen molar-refractivity contribution in [1.29, 1.82) is 0 Å². The molecule has 3 aromatic rings. The van der Waals surface area contributed by atoms with Gasteiger partial charge in [-0.1, -0.05) is 41.6 Å². The first kappa shape index (κ1) is 18.2. The number of ether oxygens (including phenoxy) is 1. The number of rotatable bonds is 6. The Balaban J connectivity index is 1.37. The van der Waals surface area contributed by atoms with Gasteiger partial charge in [0.15, 0.2) is 10.9 Å². The van der Waals surface area contributed by atoms with Crippen LogP contribution in [0.3, 0.4) is 0 Å². The molecule has 0 aliphatic rings. The van der Waals surface area contributed by atoms with Crippen LogP contribution in [0, 0.1) is 6.92 Å². The molecule has 0 saturated carbocycles. The highest BCUT2D eigenvalue weighted by molar-refractivity contribution is 8.01. The van der Waals surface area contributed by atoms with Gasteiger partial charge >= 0.3 is 0 Å². The Morgan fingerprint density at radius 3 is 2.58 bits per heavy atom. The van der Waals surface area contributed by atoms with Gasteiger partial charge in [-0.3, -0.25) is 20.4 Å². The minimum absolute atomic E-state index is 0.166. The highest BCUT2D eigenvalue weighted by Gasteiger charge is 2.09. The summed E-state index contributed by atoms with van der Waals surface area (Å²) in [7, 11) is 0. The summed E-state index contributed by atoms with van der Waals surface area (Å²) >= 11 is 2.87. The van der Waals surface area contributed by atoms with Gasteiger partial charge in [-0.25, -0.2) is 4.98 Å². The molecule has 134 valence electrons. The second-order valence-electron chi connectivity index (χ2n) is 5.43. The molecular formula is C18H17N3O3S2. The second-order valence-corrected chi connectivity index (χ2v) is 7.69. The van der Waals surface area contributed by atoms with Crippen LogP contribution in [-0.2, 0) is 9.59 Å². The molecule has 1 heterocycles. The summed E-state index contributed by atoms with van der Waals surface area (Å²) in [4.78, 5) is 28.0. The van der Waals surface area contributed by atoms with E-state index >= 15 is 0 Å². The van der Waals surface area contributed by atoms with Crippen LogP contribution in [0.2, 0.25) is 0 Å². The lowest BCUT2D eigenvalue weighted by Gasteiger charge is -2.08. The average Bonchev–Trinajstić information content (AvgIpc) is 3.07. The minimum Gasteiger partial charge on any atom is -0.484 e. The van der Waals surface area contributed by atoms with Crippen molar-refractivity contribution in [3.63, 3.8) is 0 Å². The van der Waals surface area contributed by atoms with E-state index < -0.39 is 5.91 Å². The molecule has 2 amide bonds. The Labute approximate surface area is 158 Å². The number of hydrogen-bond acceptors (Lipinski definition) is 6. The molecule has 6 nitrogen and oxygen atoms in total. The van der Waals surface area contributed by atoms with Gasteiger partial charge in [-0.2, -0.15) is 0 Å². The number of fused-ring (bicyclic) bond motifs is 1. The SMILES string of the molecule is Cc1ccc(OCC(=O)NNC(=O)CSc2nc3ccccc3s2)cc1. The zero-order valence-electron chi connectivity index (χ0n) is 14.0. The number of carbonyl (C=O) groups is 2. The fraction of sp³-hybridized carbons (Fsp3) is 0.167. The maximum Gasteiger partial charge on any atom is 0.276 e. The van der Waals surface area contributed by atoms with Gasteiger partial charge in [0.2, 0.25) is 5.91 Å². The van der Waals surface area contributed by atoms with Gasteiger partial charge in [0.1, 0.15) is 5.75 Å². The zero-order valence-corrected chi connectivity index (χ0v) is 15.7. The van der Waals surface area contributed by atoms with Gasteiger partial charge in [0.25, 0.3) is 5.91 Å². The first-order valence-corrected chi connectivity index (χ1v) is 9.66. The first-order chi connectivity index (χ1) is 12.6. The summed E-state index contributed by atoms with van der Waals surface area (Å²) in [5.41, 5.74) is 6.73. The highest BCUT2D eigenvalue weighted by Crippen LogP contribution is 2.28. The van der Waals surface area contributed by atoms with E-state index in [-0.39, 0.29) is 18.3 Å². The van der Waals surface area contributed by atoms with E-state index in [4.69, 9.17) is 4.74 Å². The summed E-state index contributed by atoms with van der Waals surface area (Å²) in [5, 5.41) is 0. The number of aromatic nitrogens is 1. The van der Waals surface area contributed by atoms with Crippen molar-refractivity contribution in [2.45, 2.75) is 11.3 Å². The summed E-state index contributed by atoms with van der Waals surface area (Å²) in [6.45, 7) is 1.80. The summed E-state index contributed by atoms with van der Waals surface area (Å²) in [6, 6.07) is 15.2. The molecule has 0 aliphatic carbocycles. The molecule has 0 radical (unpaired) electrons. The number of hydrogen-bond donors (Lipinski definition) is 2. The molecule has 0 aliphatic heterocycles. The standard InChI is InChI=1S/C18H17N3O3S2/c1-12-6-8-13(9-7-12)24-10-16(22)20-21-17(23)11-25-18-19-14-4-2-3-5-15(14)26-18/h2-9H,10-11H2,1H3,(H,20,22)(H,21,23). The molecule has 0 bridgehead atoms. The Hall–Kier alpha value is -2.58. The Morgan fingerprint density at radius 1 is 1.08 bits per heavy atom. The number of nitrogens with one attached hydrogen (secondary N) is 2. The third-order valence-corrected chi connectivity index (χ3v) is 5.51. The molecule has 0 saturated heterocycles. The van der Waals surface area contributed by atoms with Crippen LogP contribution < -0.4 is 15.6 Å². The molecule has 0 spiro atoms. The average molecular weight is 387 g/mol. The lowest BCUT2D eigenvalue weighted by atomic mass is 10.2. The zero-order chi connectivity index (χ0) is 18.4. The summed E-state index contributed by atoms with van der Waals surface area (Å²) in [6.07, 6.45) is 0. The van der Waals surface area contributed by atoms with Gasteiger partial charge < -0.3 is 4.74 Å². The van der Waals surface area contributed by atoms with E-state index in [9.17, 15) is 9.59 Å². The molecule has 0 fully saturated rings. The van der Waals surface area contributed by atoms with Crippen LogP contribution in [0.4, 0.5) is 0 Å². The van der Waals surface area contributed by atoms with E-state index in [1.54, 1.807) is 12.1 Å². The summed E-state index contributed by atoms with van der Waals surface area (Å²) < 4.78 is 7.24. The third-order valence-electron chi connectivity index (χ3n) is 3.33. The maximum absolute atomic E-state index is 11.8. The molecule has 2 aromatic carbocycles. The topological polar surface area (TPSA) is 80.3 Å². The monoisotopic (exact) mass is 387 g/mol. The molecular weight excluding hydrogens is 370 g/mol.